The van der Waals surface area contributed by atoms with E-state index in [1.165, 1.54) is 22.8 Å². The van der Waals surface area contributed by atoms with E-state index in [9.17, 15) is 13.2 Å². The summed E-state index contributed by atoms with van der Waals surface area (Å²) in [6.45, 7) is 6.41. The normalized spacial score (nSPS) is 20.6. The molecule has 1 aliphatic heterocycles. The standard InChI is InChI=1S/C26H32N4O4S/c1-5-19-16-27-26(28-17-19)30-18(3)13-23(14-20(30)6-2)34-22-11-12-29(25(31)15-22)21-7-9-24(10-8-21)35(4,32)33/h7-12,15-18,20,23H,5-6,13-14H2,1-4H3/t18-,20-,23-/m1/s1. The molecule has 0 amide bonds. The molecule has 3 atom stereocenters. The van der Waals surface area contributed by atoms with Crippen molar-refractivity contribution in [3.63, 3.8) is 0 Å². The van der Waals surface area contributed by atoms with Crippen molar-refractivity contribution in [3.8, 4) is 11.4 Å². The molecular formula is C26H32N4O4S. The number of pyridine rings is 1. The van der Waals surface area contributed by atoms with Crippen molar-refractivity contribution in [1.82, 2.24) is 14.5 Å². The quantitative estimate of drug-likeness (QED) is 0.491. The summed E-state index contributed by atoms with van der Waals surface area (Å²) in [7, 11) is -3.29. The Kier molecular flexibility index (Phi) is 7.25. The van der Waals surface area contributed by atoms with Gasteiger partial charge in [0.15, 0.2) is 9.84 Å². The van der Waals surface area contributed by atoms with Crippen molar-refractivity contribution in [2.45, 2.75) is 69.5 Å². The maximum atomic E-state index is 12.8. The summed E-state index contributed by atoms with van der Waals surface area (Å²) < 4.78 is 31.1. The van der Waals surface area contributed by atoms with Gasteiger partial charge in [-0.2, -0.15) is 0 Å². The zero-order chi connectivity index (χ0) is 25.2. The van der Waals surface area contributed by atoms with Gasteiger partial charge in [-0.05, 0) is 55.7 Å². The lowest BCUT2D eigenvalue weighted by molar-refractivity contribution is 0.133. The van der Waals surface area contributed by atoms with E-state index in [-0.39, 0.29) is 28.6 Å². The SMILES string of the molecule is CCc1cnc(N2[C@H](CC)C[C@H](Oc3ccn(-c4ccc(S(C)(=O)=O)cc4)c(=O)c3)C[C@H]2C)nc1. The minimum Gasteiger partial charge on any atom is -0.490 e. The van der Waals surface area contributed by atoms with E-state index in [4.69, 9.17) is 4.74 Å². The number of hydrogen-bond donors (Lipinski definition) is 0. The Bertz CT molecular complexity index is 1320. The summed E-state index contributed by atoms with van der Waals surface area (Å²) in [4.78, 5) is 24.5. The predicted molar refractivity (Wildman–Crippen MR) is 136 cm³/mol. The van der Waals surface area contributed by atoms with Crippen LogP contribution in [0.15, 0.2) is 64.7 Å². The Balaban J connectivity index is 1.47. The average Bonchev–Trinajstić information content (AvgIpc) is 2.83. The molecule has 4 rings (SSSR count). The highest BCUT2D eigenvalue weighted by atomic mass is 32.2. The Morgan fingerprint density at radius 3 is 2.31 bits per heavy atom. The smallest absolute Gasteiger partial charge is 0.258 e. The highest BCUT2D eigenvalue weighted by molar-refractivity contribution is 7.90. The molecule has 1 saturated heterocycles. The second kappa shape index (κ2) is 10.2. The maximum Gasteiger partial charge on any atom is 0.258 e. The first kappa shape index (κ1) is 24.9. The summed E-state index contributed by atoms with van der Waals surface area (Å²) in [5.41, 5.74) is 1.47. The van der Waals surface area contributed by atoms with Crippen molar-refractivity contribution in [3.05, 3.63) is 70.9 Å². The molecule has 1 aromatic carbocycles. The Labute approximate surface area is 206 Å². The zero-order valence-corrected chi connectivity index (χ0v) is 21.4. The van der Waals surface area contributed by atoms with Gasteiger partial charge >= 0.3 is 0 Å². The zero-order valence-electron chi connectivity index (χ0n) is 20.6. The van der Waals surface area contributed by atoms with Gasteiger partial charge in [0.05, 0.1) is 4.90 Å². The van der Waals surface area contributed by atoms with E-state index in [1.807, 2.05) is 12.4 Å². The topological polar surface area (TPSA) is 94.4 Å². The molecule has 0 bridgehead atoms. The van der Waals surface area contributed by atoms with E-state index >= 15 is 0 Å². The van der Waals surface area contributed by atoms with Crippen LogP contribution in [0, 0.1) is 0 Å². The Morgan fingerprint density at radius 1 is 1.06 bits per heavy atom. The molecule has 1 aliphatic rings. The number of ether oxygens (including phenoxy) is 1. The van der Waals surface area contributed by atoms with E-state index < -0.39 is 9.84 Å². The number of aromatic nitrogens is 3. The molecule has 0 saturated carbocycles. The molecule has 3 heterocycles. The van der Waals surface area contributed by atoms with E-state index in [0.717, 1.165) is 43.5 Å². The monoisotopic (exact) mass is 496 g/mol. The lowest BCUT2D eigenvalue weighted by Crippen LogP contribution is -2.51. The molecule has 35 heavy (non-hydrogen) atoms. The van der Waals surface area contributed by atoms with Crippen molar-refractivity contribution in [2.24, 2.45) is 0 Å². The van der Waals surface area contributed by atoms with Gasteiger partial charge in [-0.25, -0.2) is 18.4 Å². The number of aryl methyl sites for hydroxylation is 1. The third-order valence-electron chi connectivity index (χ3n) is 6.55. The summed E-state index contributed by atoms with van der Waals surface area (Å²) in [6.07, 6.45) is 10.0. The molecule has 1 fully saturated rings. The van der Waals surface area contributed by atoms with Crippen LogP contribution >= 0.6 is 0 Å². The van der Waals surface area contributed by atoms with Crippen LogP contribution in [0.1, 0.15) is 45.6 Å². The van der Waals surface area contributed by atoms with Gasteiger partial charge < -0.3 is 9.64 Å². The van der Waals surface area contributed by atoms with Crippen molar-refractivity contribution < 1.29 is 13.2 Å². The molecule has 8 nitrogen and oxygen atoms in total. The number of benzene rings is 1. The van der Waals surface area contributed by atoms with Gasteiger partial charge in [0.2, 0.25) is 5.95 Å². The molecular weight excluding hydrogens is 464 g/mol. The average molecular weight is 497 g/mol. The van der Waals surface area contributed by atoms with Gasteiger partial charge in [-0.3, -0.25) is 9.36 Å². The molecule has 0 radical (unpaired) electrons. The summed E-state index contributed by atoms with van der Waals surface area (Å²) in [5, 5.41) is 0. The van der Waals surface area contributed by atoms with Crippen LogP contribution in [0.3, 0.4) is 0 Å². The van der Waals surface area contributed by atoms with Gasteiger partial charge in [0, 0.05) is 61.5 Å². The summed E-state index contributed by atoms with van der Waals surface area (Å²) in [6, 6.07) is 9.94. The van der Waals surface area contributed by atoms with Gasteiger partial charge in [-0.1, -0.05) is 13.8 Å². The molecule has 3 aromatic rings. The molecule has 0 N–H and O–H groups in total. The summed E-state index contributed by atoms with van der Waals surface area (Å²) in [5.74, 6) is 1.28. The number of sulfone groups is 1. The number of piperidine rings is 1. The fourth-order valence-corrected chi connectivity index (χ4v) is 5.28. The van der Waals surface area contributed by atoms with Crippen LogP contribution in [0.2, 0.25) is 0 Å². The van der Waals surface area contributed by atoms with E-state index in [2.05, 4.69) is 35.6 Å². The fourth-order valence-electron chi connectivity index (χ4n) is 4.64. The molecule has 9 heteroatoms. The molecule has 0 unspecified atom stereocenters. The highest BCUT2D eigenvalue weighted by Gasteiger charge is 2.35. The highest BCUT2D eigenvalue weighted by Crippen LogP contribution is 2.31. The van der Waals surface area contributed by atoms with Crippen molar-refractivity contribution in [2.75, 3.05) is 11.2 Å². The van der Waals surface area contributed by atoms with Gasteiger partial charge in [-0.15, -0.1) is 0 Å². The van der Waals surface area contributed by atoms with E-state index in [0.29, 0.717) is 11.4 Å². The Morgan fingerprint density at radius 2 is 1.74 bits per heavy atom. The first-order valence-electron chi connectivity index (χ1n) is 12.0. The minimum atomic E-state index is -3.29. The minimum absolute atomic E-state index is 0.0228. The van der Waals surface area contributed by atoms with Crippen LogP contribution in [0.25, 0.3) is 5.69 Å². The third-order valence-corrected chi connectivity index (χ3v) is 7.67. The van der Waals surface area contributed by atoms with Gasteiger partial charge in [0.1, 0.15) is 11.9 Å². The van der Waals surface area contributed by atoms with Gasteiger partial charge in [0.25, 0.3) is 5.56 Å². The van der Waals surface area contributed by atoms with Crippen LogP contribution in [0.4, 0.5) is 5.95 Å². The summed E-state index contributed by atoms with van der Waals surface area (Å²) >= 11 is 0. The van der Waals surface area contributed by atoms with E-state index in [1.54, 1.807) is 24.4 Å². The second-order valence-corrected chi connectivity index (χ2v) is 11.1. The van der Waals surface area contributed by atoms with Crippen LogP contribution in [0.5, 0.6) is 5.75 Å². The lowest BCUT2D eigenvalue weighted by atomic mass is 9.92. The number of rotatable bonds is 7. The molecule has 186 valence electrons. The maximum absolute atomic E-state index is 12.8. The van der Waals surface area contributed by atoms with Crippen LogP contribution < -0.4 is 15.2 Å². The lowest BCUT2D eigenvalue weighted by Gasteiger charge is -2.43. The fraction of sp³-hybridized carbons (Fsp3) is 0.423. The van der Waals surface area contributed by atoms with Crippen molar-refractivity contribution in [1.29, 1.82) is 0 Å². The molecule has 2 aromatic heterocycles. The number of nitrogens with zero attached hydrogens (tertiary/aromatic N) is 4. The first-order chi connectivity index (χ1) is 16.7. The van der Waals surface area contributed by atoms with Crippen LogP contribution in [-0.4, -0.2) is 47.4 Å². The second-order valence-electron chi connectivity index (χ2n) is 9.11. The predicted octanol–water partition coefficient (Wildman–Crippen LogP) is 3.81. The molecule has 0 spiro atoms. The first-order valence-corrected chi connectivity index (χ1v) is 13.9. The third kappa shape index (κ3) is 5.56. The van der Waals surface area contributed by atoms with Crippen LogP contribution in [-0.2, 0) is 16.3 Å². The molecule has 0 aliphatic carbocycles. The number of hydrogen-bond acceptors (Lipinski definition) is 7. The van der Waals surface area contributed by atoms with Crippen molar-refractivity contribution >= 4 is 15.8 Å². The Hall–Kier alpha value is -3.20. The number of anilines is 1. The largest absolute Gasteiger partial charge is 0.490 e.